The fourth-order valence-corrected chi connectivity index (χ4v) is 2.64. The Morgan fingerprint density at radius 2 is 2.06 bits per heavy atom. The summed E-state index contributed by atoms with van der Waals surface area (Å²) in [5.41, 5.74) is 2.18. The van der Waals surface area contributed by atoms with Crippen LogP contribution in [0.15, 0.2) is 24.5 Å². The quantitative estimate of drug-likeness (QED) is 0.784. The van der Waals surface area contributed by atoms with Crippen LogP contribution in [0.3, 0.4) is 0 Å². The van der Waals surface area contributed by atoms with Gasteiger partial charge in [0.1, 0.15) is 5.65 Å². The van der Waals surface area contributed by atoms with E-state index in [1.54, 1.807) is 0 Å². The van der Waals surface area contributed by atoms with Gasteiger partial charge in [-0.05, 0) is 26.0 Å². The summed E-state index contributed by atoms with van der Waals surface area (Å²) in [6.07, 6.45) is 3.90. The molecule has 2 aromatic rings. The summed E-state index contributed by atoms with van der Waals surface area (Å²) in [6.45, 7) is 6.54. The number of nitrogens with zero attached hydrogens (tertiary/aromatic N) is 2. The van der Waals surface area contributed by atoms with Crippen molar-refractivity contribution in [2.75, 3.05) is 18.0 Å². The first-order chi connectivity index (χ1) is 8.22. The Hall–Kier alpha value is -1.55. The van der Waals surface area contributed by atoms with Gasteiger partial charge < -0.3 is 15.2 Å². The van der Waals surface area contributed by atoms with Crippen LogP contribution in [0.2, 0.25) is 0 Å². The number of aromatic amines is 1. The van der Waals surface area contributed by atoms with Gasteiger partial charge in [0.05, 0.1) is 11.9 Å². The molecular formula is C13H18N4. The molecule has 0 saturated carbocycles. The molecule has 0 spiro atoms. The molecule has 0 aliphatic carbocycles. The van der Waals surface area contributed by atoms with E-state index in [1.165, 1.54) is 11.1 Å². The zero-order valence-electron chi connectivity index (χ0n) is 10.3. The first-order valence-corrected chi connectivity index (χ1v) is 6.16. The second-order valence-corrected chi connectivity index (χ2v) is 4.98. The van der Waals surface area contributed by atoms with E-state index in [0.717, 1.165) is 18.7 Å². The van der Waals surface area contributed by atoms with Crippen molar-refractivity contribution in [3.63, 3.8) is 0 Å². The molecule has 0 amide bonds. The molecule has 1 aliphatic heterocycles. The average Bonchev–Trinajstić information content (AvgIpc) is 2.74. The molecule has 90 valence electrons. The van der Waals surface area contributed by atoms with Crippen molar-refractivity contribution in [2.45, 2.75) is 25.9 Å². The number of fused-ring (bicyclic) bond motifs is 1. The number of anilines is 1. The molecule has 1 saturated heterocycles. The van der Waals surface area contributed by atoms with E-state index in [1.807, 2.05) is 12.4 Å². The van der Waals surface area contributed by atoms with Crippen LogP contribution in [0.1, 0.15) is 13.8 Å². The first-order valence-electron chi connectivity index (χ1n) is 6.16. The normalized spacial score (nSPS) is 25.4. The number of H-pyrrole nitrogens is 1. The molecule has 1 fully saturated rings. The SMILES string of the molecule is C[C@@H]1CN(c2cnc3[nH]ccc3c2)C[C@H](C)N1. The molecule has 2 atom stereocenters. The first kappa shape index (κ1) is 10.6. The molecule has 3 heterocycles. The minimum Gasteiger partial charge on any atom is -0.367 e. The highest BCUT2D eigenvalue weighted by Crippen LogP contribution is 2.21. The number of pyridine rings is 1. The molecule has 0 bridgehead atoms. The summed E-state index contributed by atoms with van der Waals surface area (Å²) >= 11 is 0. The lowest BCUT2D eigenvalue weighted by Gasteiger charge is -2.37. The van der Waals surface area contributed by atoms with E-state index in [2.05, 4.69) is 46.2 Å². The van der Waals surface area contributed by atoms with Gasteiger partial charge in [-0.15, -0.1) is 0 Å². The molecular weight excluding hydrogens is 212 g/mol. The van der Waals surface area contributed by atoms with E-state index in [4.69, 9.17) is 0 Å². The monoisotopic (exact) mass is 230 g/mol. The zero-order valence-corrected chi connectivity index (χ0v) is 10.3. The summed E-state index contributed by atoms with van der Waals surface area (Å²) in [4.78, 5) is 9.98. The third kappa shape index (κ3) is 2.00. The number of piperazine rings is 1. The van der Waals surface area contributed by atoms with E-state index < -0.39 is 0 Å². The van der Waals surface area contributed by atoms with Gasteiger partial charge in [-0.25, -0.2) is 4.98 Å². The number of hydrogen-bond acceptors (Lipinski definition) is 3. The van der Waals surface area contributed by atoms with Crippen LogP contribution in [0, 0.1) is 0 Å². The average molecular weight is 230 g/mol. The third-order valence-electron chi connectivity index (χ3n) is 3.31. The topological polar surface area (TPSA) is 44.0 Å². The molecule has 3 rings (SSSR count). The van der Waals surface area contributed by atoms with Crippen LogP contribution in [0.5, 0.6) is 0 Å². The van der Waals surface area contributed by atoms with Crippen molar-refractivity contribution in [2.24, 2.45) is 0 Å². The van der Waals surface area contributed by atoms with E-state index in [-0.39, 0.29) is 0 Å². The molecule has 4 nitrogen and oxygen atoms in total. The molecule has 2 aromatic heterocycles. The fourth-order valence-electron chi connectivity index (χ4n) is 2.64. The maximum atomic E-state index is 4.45. The van der Waals surface area contributed by atoms with E-state index >= 15 is 0 Å². The summed E-state index contributed by atoms with van der Waals surface area (Å²) in [7, 11) is 0. The number of rotatable bonds is 1. The highest BCUT2D eigenvalue weighted by molar-refractivity contribution is 5.79. The van der Waals surface area contributed by atoms with Crippen molar-refractivity contribution in [3.8, 4) is 0 Å². The highest BCUT2D eigenvalue weighted by atomic mass is 15.2. The van der Waals surface area contributed by atoms with Crippen molar-refractivity contribution in [1.29, 1.82) is 0 Å². The molecule has 2 N–H and O–H groups in total. The maximum absolute atomic E-state index is 4.45. The van der Waals surface area contributed by atoms with Gasteiger partial charge >= 0.3 is 0 Å². The van der Waals surface area contributed by atoms with Gasteiger partial charge in [-0.1, -0.05) is 0 Å². The second kappa shape index (κ2) is 4.04. The van der Waals surface area contributed by atoms with Crippen molar-refractivity contribution >= 4 is 16.7 Å². The van der Waals surface area contributed by atoms with Gasteiger partial charge in [0, 0.05) is 36.8 Å². The Morgan fingerprint density at radius 1 is 1.29 bits per heavy atom. The van der Waals surface area contributed by atoms with E-state index in [0.29, 0.717) is 12.1 Å². The van der Waals surface area contributed by atoms with Gasteiger partial charge in [-0.2, -0.15) is 0 Å². The zero-order chi connectivity index (χ0) is 11.8. The molecule has 1 aliphatic rings. The number of aromatic nitrogens is 2. The highest BCUT2D eigenvalue weighted by Gasteiger charge is 2.21. The fraction of sp³-hybridized carbons (Fsp3) is 0.462. The standard InChI is InChI=1S/C13H18N4/c1-9-7-17(8-10(2)16-9)12-5-11-3-4-14-13(11)15-6-12/h3-6,9-10,16H,7-8H2,1-2H3,(H,14,15)/t9-,10+. The Balaban J connectivity index is 1.91. The Kier molecular flexibility index (Phi) is 2.52. The number of nitrogens with one attached hydrogen (secondary N) is 2. The van der Waals surface area contributed by atoms with Gasteiger partial charge in [-0.3, -0.25) is 0 Å². The maximum Gasteiger partial charge on any atom is 0.137 e. The smallest absolute Gasteiger partial charge is 0.137 e. The Morgan fingerprint density at radius 3 is 2.82 bits per heavy atom. The van der Waals surface area contributed by atoms with Crippen LogP contribution in [-0.2, 0) is 0 Å². The third-order valence-corrected chi connectivity index (χ3v) is 3.31. The molecule has 0 aromatic carbocycles. The van der Waals surface area contributed by atoms with Crippen molar-refractivity contribution in [1.82, 2.24) is 15.3 Å². The second-order valence-electron chi connectivity index (χ2n) is 4.98. The van der Waals surface area contributed by atoms with Crippen molar-refractivity contribution < 1.29 is 0 Å². The minimum absolute atomic E-state index is 0.528. The predicted octanol–water partition coefficient (Wildman–Crippen LogP) is 1.75. The van der Waals surface area contributed by atoms with Crippen LogP contribution in [0.25, 0.3) is 11.0 Å². The Bertz CT molecular complexity index is 509. The summed E-state index contributed by atoms with van der Waals surface area (Å²) in [6, 6.07) is 5.34. The van der Waals surface area contributed by atoms with Crippen LogP contribution in [-0.4, -0.2) is 35.1 Å². The van der Waals surface area contributed by atoms with Gasteiger partial charge in [0.25, 0.3) is 0 Å². The van der Waals surface area contributed by atoms with Crippen LogP contribution < -0.4 is 10.2 Å². The van der Waals surface area contributed by atoms with Crippen LogP contribution >= 0.6 is 0 Å². The predicted molar refractivity (Wildman–Crippen MR) is 70.4 cm³/mol. The molecule has 4 heteroatoms. The summed E-state index contributed by atoms with van der Waals surface area (Å²) in [5.74, 6) is 0. The van der Waals surface area contributed by atoms with Gasteiger partial charge in [0.15, 0.2) is 0 Å². The largest absolute Gasteiger partial charge is 0.367 e. The lowest BCUT2D eigenvalue weighted by molar-refractivity contribution is 0.407. The molecule has 0 unspecified atom stereocenters. The Labute approximate surface area is 101 Å². The number of hydrogen-bond donors (Lipinski definition) is 2. The minimum atomic E-state index is 0.528. The summed E-state index contributed by atoms with van der Waals surface area (Å²) in [5, 5.41) is 4.72. The molecule has 0 radical (unpaired) electrons. The lowest BCUT2D eigenvalue weighted by atomic mass is 10.1. The lowest BCUT2D eigenvalue weighted by Crippen LogP contribution is -2.54. The molecule has 17 heavy (non-hydrogen) atoms. The summed E-state index contributed by atoms with van der Waals surface area (Å²) < 4.78 is 0. The van der Waals surface area contributed by atoms with Crippen LogP contribution in [0.4, 0.5) is 5.69 Å². The van der Waals surface area contributed by atoms with Crippen molar-refractivity contribution in [3.05, 3.63) is 24.5 Å². The van der Waals surface area contributed by atoms with E-state index in [9.17, 15) is 0 Å². The van der Waals surface area contributed by atoms with Gasteiger partial charge in [0.2, 0.25) is 0 Å².